The topological polar surface area (TPSA) is 74.7 Å². The summed E-state index contributed by atoms with van der Waals surface area (Å²) in [6.45, 7) is -0.129. The first kappa shape index (κ1) is 14.9. The molecule has 1 heterocycles. The number of halogens is 2. The predicted octanol–water partition coefficient (Wildman–Crippen LogP) is 1.45. The molecule has 1 fully saturated rings. The molecule has 0 radical (unpaired) electrons. The van der Waals surface area contributed by atoms with E-state index in [0.29, 0.717) is 18.9 Å². The molecular weight excluding hydrogens is 292 g/mol. The third-order valence-electron chi connectivity index (χ3n) is 3.24. The van der Waals surface area contributed by atoms with Gasteiger partial charge in [0.25, 0.3) is 0 Å². The zero-order chi connectivity index (χ0) is 14.9. The van der Waals surface area contributed by atoms with E-state index < -0.39 is 38.4 Å². The maximum atomic E-state index is 13.6. The highest BCUT2D eigenvalue weighted by Gasteiger charge is 2.34. The number of carboxylic acid groups (broad SMARTS) is 1. The molecule has 1 N–H and O–H groups in total. The quantitative estimate of drug-likeness (QED) is 0.917. The molecular formula is C12H13F2NO4S. The molecule has 1 aromatic rings. The molecule has 0 bridgehead atoms. The number of rotatable bonds is 3. The lowest BCUT2D eigenvalue weighted by Crippen LogP contribution is -2.42. The van der Waals surface area contributed by atoms with Gasteiger partial charge in [0.05, 0.1) is 5.92 Å². The van der Waals surface area contributed by atoms with Crippen molar-refractivity contribution in [2.45, 2.75) is 17.7 Å². The first-order chi connectivity index (χ1) is 9.32. The first-order valence-electron chi connectivity index (χ1n) is 6.00. The number of carbonyl (C=O) groups is 1. The number of carboxylic acids is 1. The Morgan fingerprint density at radius 3 is 2.70 bits per heavy atom. The summed E-state index contributed by atoms with van der Waals surface area (Å²) in [6.07, 6.45) is 0.736. The van der Waals surface area contributed by atoms with E-state index in [2.05, 4.69) is 0 Å². The number of aliphatic carboxylic acids is 1. The third-order valence-corrected chi connectivity index (χ3v) is 5.12. The largest absolute Gasteiger partial charge is 0.481 e. The minimum Gasteiger partial charge on any atom is -0.481 e. The molecule has 1 saturated heterocycles. The van der Waals surface area contributed by atoms with Gasteiger partial charge in [0.1, 0.15) is 16.5 Å². The fourth-order valence-corrected chi connectivity index (χ4v) is 3.78. The van der Waals surface area contributed by atoms with Gasteiger partial charge < -0.3 is 5.11 Å². The van der Waals surface area contributed by atoms with Gasteiger partial charge >= 0.3 is 5.97 Å². The molecule has 5 nitrogen and oxygen atoms in total. The number of benzene rings is 1. The van der Waals surface area contributed by atoms with E-state index in [1.54, 1.807) is 0 Å². The average molecular weight is 305 g/mol. The Morgan fingerprint density at radius 1 is 1.35 bits per heavy atom. The van der Waals surface area contributed by atoms with Crippen LogP contribution in [0.5, 0.6) is 0 Å². The highest BCUT2D eigenvalue weighted by atomic mass is 32.2. The summed E-state index contributed by atoms with van der Waals surface area (Å²) >= 11 is 0. The lowest BCUT2D eigenvalue weighted by atomic mass is 10.0. The molecule has 1 atom stereocenters. The summed E-state index contributed by atoms with van der Waals surface area (Å²) in [7, 11) is -4.23. The summed E-state index contributed by atoms with van der Waals surface area (Å²) in [5.41, 5.74) is 0. The average Bonchev–Trinajstić information content (AvgIpc) is 2.41. The van der Waals surface area contributed by atoms with Gasteiger partial charge in [-0.25, -0.2) is 17.2 Å². The highest BCUT2D eigenvalue weighted by Crippen LogP contribution is 2.25. The van der Waals surface area contributed by atoms with Crippen LogP contribution in [-0.4, -0.2) is 36.9 Å². The van der Waals surface area contributed by atoms with E-state index in [1.165, 1.54) is 0 Å². The van der Waals surface area contributed by atoms with Crippen LogP contribution in [-0.2, 0) is 14.8 Å². The Morgan fingerprint density at radius 2 is 2.05 bits per heavy atom. The zero-order valence-corrected chi connectivity index (χ0v) is 11.2. The van der Waals surface area contributed by atoms with Crippen molar-refractivity contribution in [2.24, 2.45) is 5.92 Å². The van der Waals surface area contributed by atoms with Crippen LogP contribution < -0.4 is 0 Å². The van der Waals surface area contributed by atoms with E-state index in [0.717, 1.165) is 16.4 Å². The standard InChI is InChI=1S/C12H13F2NO4S/c13-9-3-4-10(14)11(6-9)20(18,19)15-5-1-2-8(7-15)12(16)17/h3-4,6,8H,1-2,5,7H2,(H,16,17). The summed E-state index contributed by atoms with van der Waals surface area (Å²) in [4.78, 5) is 10.2. The molecule has 1 aliphatic rings. The molecule has 0 amide bonds. The molecule has 20 heavy (non-hydrogen) atoms. The minimum absolute atomic E-state index is 0.0993. The van der Waals surface area contributed by atoms with Crippen LogP contribution in [0.2, 0.25) is 0 Å². The Kier molecular flexibility index (Phi) is 4.05. The molecule has 0 aliphatic carbocycles. The molecule has 110 valence electrons. The maximum absolute atomic E-state index is 13.6. The van der Waals surface area contributed by atoms with Crippen molar-refractivity contribution in [3.05, 3.63) is 29.8 Å². The number of piperidine rings is 1. The molecule has 0 saturated carbocycles. The molecule has 1 aromatic carbocycles. The van der Waals surface area contributed by atoms with Crippen LogP contribution >= 0.6 is 0 Å². The number of hydrogen-bond donors (Lipinski definition) is 1. The van der Waals surface area contributed by atoms with Gasteiger partial charge in [-0.15, -0.1) is 0 Å². The Labute approximate surface area is 114 Å². The molecule has 8 heteroatoms. The highest BCUT2D eigenvalue weighted by molar-refractivity contribution is 7.89. The van der Waals surface area contributed by atoms with Crippen molar-refractivity contribution >= 4 is 16.0 Å². The van der Waals surface area contributed by atoms with Gasteiger partial charge in [0.2, 0.25) is 10.0 Å². The van der Waals surface area contributed by atoms with Crippen molar-refractivity contribution in [1.82, 2.24) is 4.31 Å². The van der Waals surface area contributed by atoms with Gasteiger partial charge in [-0.1, -0.05) is 0 Å². The van der Waals surface area contributed by atoms with Crippen molar-refractivity contribution < 1.29 is 27.1 Å². The van der Waals surface area contributed by atoms with E-state index in [1.807, 2.05) is 0 Å². The van der Waals surface area contributed by atoms with Gasteiger partial charge in [0, 0.05) is 13.1 Å². The second kappa shape index (κ2) is 5.45. The van der Waals surface area contributed by atoms with Crippen LogP contribution in [0.3, 0.4) is 0 Å². The monoisotopic (exact) mass is 305 g/mol. The number of nitrogens with zero attached hydrogens (tertiary/aromatic N) is 1. The van der Waals surface area contributed by atoms with E-state index in [9.17, 15) is 22.0 Å². The summed E-state index contributed by atoms with van der Waals surface area (Å²) in [5.74, 6) is -3.83. The lowest BCUT2D eigenvalue weighted by Gasteiger charge is -2.29. The molecule has 1 aliphatic heterocycles. The number of sulfonamides is 1. The summed E-state index contributed by atoms with van der Waals surface area (Å²) < 4.78 is 52.1. The summed E-state index contributed by atoms with van der Waals surface area (Å²) in [5, 5.41) is 8.94. The molecule has 1 unspecified atom stereocenters. The normalized spacial score (nSPS) is 20.8. The second-order valence-corrected chi connectivity index (χ2v) is 6.52. The number of hydrogen-bond acceptors (Lipinski definition) is 3. The summed E-state index contributed by atoms with van der Waals surface area (Å²) in [6, 6.07) is 2.17. The van der Waals surface area contributed by atoms with Crippen molar-refractivity contribution in [2.75, 3.05) is 13.1 Å². The smallest absolute Gasteiger partial charge is 0.307 e. The van der Waals surface area contributed by atoms with Gasteiger partial charge in [0.15, 0.2) is 0 Å². The molecule has 0 spiro atoms. The lowest BCUT2D eigenvalue weighted by molar-refractivity contribution is -0.142. The zero-order valence-electron chi connectivity index (χ0n) is 10.4. The Balaban J connectivity index is 2.35. The van der Waals surface area contributed by atoms with Gasteiger partial charge in [-0.3, -0.25) is 4.79 Å². The minimum atomic E-state index is -4.23. The Bertz CT molecular complexity index is 632. The van der Waals surface area contributed by atoms with Crippen LogP contribution in [0.1, 0.15) is 12.8 Å². The van der Waals surface area contributed by atoms with E-state index >= 15 is 0 Å². The van der Waals surface area contributed by atoms with Gasteiger partial charge in [-0.2, -0.15) is 4.31 Å². The fraction of sp³-hybridized carbons (Fsp3) is 0.417. The fourth-order valence-electron chi connectivity index (χ4n) is 2.18. The van der Waals surface area contributed by atoms with E-state index in [-0.39, 0.29) is 13.1 Å². The second-order valence-electron chi connectivity index (χ2n) is 4.62. The Hall–Kier alpha value is -1.54. The van der Waals surface area contributed by atoms with Crippen molar-refractivity contribution in [3.8, 4) is 0 Å². The first-order valence-corrected chi connectivity index (χ1v) is 7.44. The van der Waals surface area contributed by atoms with Crippen molar-refractivity contribution in [1.29, 1.82) is 0 Å². The molecule has 0 aromatic heterocycles. The van der Waals surface area contributed by atoms with Crippen molar-refractivity contribution in [3.63, 3.8) is 0 Å². The maximum Gasteiger partial charge on any atom is 0.307 e. The van der Waals surface area contributed by atoms with E-state index in [4.69, 9.17) is 5.11 Å². The van der Waals surface area contributed by atoms with Crippen LogP contribution in [0.25, 0.3) is 0 Å². The third kappa shape index (κ3) is 2.80. The molecule has 2 rings (SSSR count). The SMILES string of the molecule is O=C(O)C1CCCN(S(=O)(=O)c2cc(F)ccc2F)C1. The predicted molar refractivity (Wildman–Crippen MR) is 65.5 cm³/mol. The van der Waals surface area contributed by atoms with Crippen LogP contribution in [0.4, 0.5) is 8.78 Å². The van der Waals surface area contributed by atoms with Crippen LogP contribution in [0.15, 0.2) is 23.1 Å². The van der Waals surface area contributed by atoms with Crippen LogP contribution in [0, 0.1) is 17.6 Å². The van der Waals surface area contributed by atoms with Gasteiger partial charge in [-0.05, 0) is 31.0 Å².